The average Bonchev–Trinajstić information content (AvgIpc) is 2.68. The maximum Gasteiger partial charge on any atom is 0.426 e. The van der Waals surface area contributed by atoms with Crippen LogP contribution < -0.4 is 4.74 Å². The lowest BCUT2D eigenvalue weighted by Gasteiger charge is -2.21. The number of carbonyl (C=O) groups is 3. The summed E-state index contributed by atoms with van der Waals surface area (Å²) in [5.41, 5.74) is 0.162. The van der Waals surface area contributed by atoms with E-state index in [4.69, 9.17) is 9.47 Å². The van der Waals surface area contributed by atoms with Gasteiger partial charge in [0, 0.05) is 14.1 Å². The number of unbranched alkanes of at least 4 members (excludes halogenated alkanes) is 1. The lowest BCUT2D eigenvalue weighted by atomic mass is 10.2. The Balaban J connectivity index is 2.74. The van der Waals surface area contributed by atoms with E-state index in [0.29, 0.717) is 11.7 Å². The van der Waals surface area contributed by atoms with Gasteiger partial charge < -0.3 is 9.47 Å². The van der Waals surface area contributed by atoms with Crippen molar-refractivity contribution in [2.45, 2.75) is 26.7 Å². The first-order valence-corrected chi connectivity index (χ1v) is 10.5. The van der Waals surface area contributed by atoms with Crippen molar-refractivity contribution in [1.29, 1.82) is 0 Å². The van der Waals surface area contributed by atoms with Crippen LogP contribution in [0, 0.1) is 0 Å². The molecule has 154 valence electrons. The number of para-hydroxylation sites is 1. The lowest BCUT2D eigenvalue weighted by molar-refractivity contribution is 0.0496. The number of aliphatic imine (C=N–C) groups is 1. The van der Waals surface area contributed by atoms with E-state index in [1.54, 1.807) is 19.1 Å². The first-order valence-electron chi connectivity index (χ1n) is 8.56. The summed E-state index contributed by atoms with van der Waals surface area (Å²) in [6.45, 7) is 4.01. The lowest BCUT2D eigenvalue weighted by Crippen LogP contribution is -2.30. The Bertz CT molecular complexity index is 727. The van der Waals surface area contributed by atoms with Gasteiger partial charge in [0.15, 0.2) is 0 Å². The molecule has 3 amide bonds. The zero-order valence-corrected chi connectivity index (χ0v) is 18.3. The summed E-state index contributed by atoms with van der Waals surface area (Å²) in [5, 5.41) is 0.609. The molecular formula is C18H25N3O5S2. The standard InChI is InChI=1S/C18H25N3O5S2/c1-6-7-12-25-16(22)14-10-8-9-11-15(14)26-18(24)21(4)28-20(3)17(23)19-13(2)27-5/h8-11H,6-7,12H2,1-5H3. The summed E-state index contributed by atoms with van der Waals surface area (Å²) >= 11 is 2.18. The van der Waals surface area contributed by atoms with Crippen molar-refractivity contribution in [2.24, 2.45) is 4.99 Å². The molecule has 0 aliphatic heterocycles. The number of nitrogens with zero attached hydrogens (tertiary/aromatic N) is 3. The fourth-order valence-corrected chi connectivity index (χ4v) is 2.52. The molecule has 0 saturated heterocycles. The summed E-state index contributed by atoms with van der Waals surface area (Å²) in [7, 11) is 2.94. The van der Waals surface area contributed by atoms with Gasteiger partial charge in [0.05, 0.1) is 23.8 Å². The van der Waals surface area contributed by atoms with E-state index < -0.39 is 18.1 Å². The molecule has 0 spiro atoms. The van der Waals surface area contributed by atoms with Crippen molar-refractivity contribution < 1.29 is 23.9 Å². The van der Waals surface area contributed by atoms with Crippen LogP contribution in [-0.2, 0) is 4.74 Å². The second-order valence-electron chi connectivity index (χ2n) is 5.55. The molecule has 28 heavy (non-hydrogen) atoms. The Kier molecular flexibility index (Phi) is 10.5. The van der Waals surface area contributed by atoms with Gasteiger partial charge in [0.1, 0.15) is 11.3 Å². The van der Waals surface area contributed by atoms with Gasteiger partial charge in [-0.2, -0.15) is 4.99 Å². The topological polar surface area (TPSA) is 88.5 Å². The normalized spacial score (nSPS) is 11.0. The van der Waals surface area contributed by atoms with Crippen LogP contribution in [0.25, 0.3) is 0 Å². The summed E-state index contributed by atoms with van der Waals surface area (Å²) in [6.07, 6.45) is 2.72. The third kappa shape index (κ3) is 7.81. The number of rotatable bonds is 7. The van der Waals surface area contributed by atoms with Gasteiger partial charge in [0.2, 0.25) is 0 Å². The fraction of sp³-hybridized carbons (Fsp3) is 0.444. The quantitative estimate of drug-likeness (QED) is 0.208. The number of benzene rings is 1. The van der Waals surface area contributed by atoms with E-state index in [-0.39, 0.29) is 11.3 Å². The molecule has 0 unspecified atom stereocenters. The highest BCUT2D eigenvalue weighted by atomic mass is 32.2. The van der Waals surface area contributed by atoms with Crippen LogP contribution in [0.15, 0.2) is 29.3 Å². The predicted molar refractivity (Wildman–Crippen MR) is 113 cm³/mol. The first kappa shape index (κ1) is 23.8. The van der Waals surface area contributed by atoms with E-state index in [9.17, 15) is 14.4 Å². The Morgan fingerprint density at radius 3 is 2.46 bits per heavy atom. The molecule has 0 aliphatic rings. The minimum atomic E-state index is -0.746. The molecular weight excluding hydrogens is 402 g/mol. The second kappa shape index (κ2) is 12.3. The maximum atomic E-state index is 12.3. The molecule has 8 nitrogen and oxygen atoms in total. The second-order valence-corrected chi connectivity index (χ2v) is 7.81. The van der Waals surface area contributed by atoms with Crippen LogP contribution in [-0.4, -0.2) is 58.7 Å². The number of hydrogen-bond donors (Lipinski definition) is 0. The smallest absolute Gasteiger partial charge is 0.426 e. The van der Waals surface area contributed by atoms with Crippen molar-refractivity contribution in [3.8, 4) is 5.75 Å². The van der Waals surface area contributed by atoms with E-state index in [0.717, 1.165) is 29.3 Å². The molecule has 0 radical (unpaired) electrons. The fourth-order valence-electron chi connectivity index (χ4n) is 1.77. The van der Waals surface area contributed by atoms with Crippen molar-refractivity contribution in [3.05, 3.63) is 29.8 Å². The van der Waals surface area contributed by atoms with Gasteiger partial charge in [-0.25, -0.2) is 18.7 Å². The highest BCUT2D eigenvalue weighted by Crippen LogP contribution is 2.22. The molecule has 10 heteroatoms. The third-order valence-electron chi connectivity index (χ3n) is 3.36. The van der Waals surface area contributed by atoms with Gasteiger partial charge in [-0.15, -0.1) is 11.8 Å². The molecule has 0 aromatic heterocycles. The highest BCUT2D eigenvalue weighted by molar-refractivity contribution is 8.13. The van der Waals surface area contributed by atoms with Gasteiger partial charge >= 0.3 is 18.1 Å². The van der Waals surface area contributed by atoms with Crippen molar-refractivity contribution >= 4 is 47.0 Å². The van der Waals surface area contributed by atoms with Crippen LogP contribution in [0.3, 0.4) is 0 Å². The van der Waals surface area contributed by atoms with Crippen LogP contribution in [0.2, 0.25) is 0 Å². The van der Waals surface area contributed by atoms with Gasteiger partial charge in [0.25, 0.3) is 0 Å². The van der Waals surface area contributed by atoms with Crippen molar-refractivity contribution in [3.63, 3.8) is 0 Å². The molecule has 0 aliphatic carbocycles. The summed E-state index contributed by atoms with van der Waals surface area (Å²) < 4.78 is 12.8. The number of thioether (sulfide) groups is 1. The van der Waals surface area contributed by atoms with Crippen LogP contribution in [0.5, 0.6) is 5.75 Å². The third-order valence-corrected chi connectivity index (χ3v) is 4.83. The SMILES string of the molecule is CCCCOC(=O)c1ccccc1OC(=O)N(C)SN(C)C(=O)N=C(C)SC. The van der Waals surface area contributed by atoms with E-state index in [1.807, 2.05) is 13.2 Å². The zero-order valence-electron chi connectivity index (χ0n) is 16.6. The number of ether oxygens (including phenoxy) is 2. The molecule has 0 fully saturated rings. The average molecular weight is 428 g/mol. The molecule has 1 aromatic carbocycles. The Morgan fingerprint density at radius 1 is 1.14 bits per heavy atom. The number of amides is 3. The first-order chi connectivity index (χ1) is 13.3. The minimum Gasteiger partial charge on any atom is -0.462 e. The number of carbonyl (C=O) groups excluding carboxylic acids is 3. The van der Waals surface area contributed by atoms with Crippen LogP contribution in [0.1, 0.15) is 37.0 Å². The summed E-state index contributed by atoms with van der Waals surface area (Å²) in [5.74, 6) is -0.465. The molecule has 0 heterocycles. The Labute approximate surface area is 173 Å². The van der Waals surface area contributed by atoms with Crippen LogP contribution in [0.4, 0.5) is 9.59 Å². The molecule has 1 rings (SSSR count). The molecule has 0 bridgehead atoms. The maximum absolute atomic E-state index is 12.3. The van der Waals surface area contributed by atoms with Crippen molar-refractivity contribution in [2.75, 3.05) is 27.0 Å². The van der Waals surface area contributed by atoms with Crippen molar-refractivity contribution in [1.82, 2.24) is 8.61 Å². The summed E-state index contributed by atoms with van der Waals surface area (Å²) in [4.78, 5) is 40.4. The number of urea groups is 1. The van der Waals surface area contributed by atoms with E-state index in [2.05, 4.69) is 4.99 Å². The Hall–Kier alpha value is -2.20. The Morgan fingerprint density at radius 2 is 1.82 bits per heavy atom. The molecule has 0 atom stereocenters. The monoisotopic (exact) mass is 427 g/mol. The van der Waals surface area contributed by atoms with Gasteiger partial charge in [-0.05, 0) is 31.7 Å². The summed E-state index contributed by atoms with van der Waals surface area (Å²) in [6, 6.07) is 5.84. The molecule has 1 aromatic rings. The number of hydrogen-bond acceptors (Lipinski definition) is 7. The largest absolute Gasteiger partial charge is 0.462 e. The van der Waals surface area contributed by atoms with Gasteiger partial charge in [-0.3, -0.25) is 4.31 Å². The highest BCUT2D eigenvalue weighted by Gasteiger charge is 2.21. The zero-order chi connectivity index (χ0) is 21.1. The van der Waals surface area contributed by atoms with Crippen LogP contribution >= 0.6 is 23.9 Å². The minimum absolute atomic E-state index is 0.0895. The van der Waals surface area contributed by atoms with Gasteiger partial charge in [-0.1, -0.05) is 25.5 Å². The van der Waals surface area contributed by atoms with E-state index >= 15 is 0 Å². The predicted octanol–water partition coefficient (Wildman–Crippen LogP) is 4.47. The number of esters is 1. The molecule has 0 N–H and O–H groups in total. The molecule has 0 saturated carbocycles. The van der Waals surface area contributed by atoms with E-state index in [1.165, 1.54) is 42.3 Å².